The van der Waals surface area contributed by atoms with Gasteiger partial charge in [-0.1, -0.05) is 13.8 Å². The summed E-state index contributed by atoms with van der Waals surface area (Å²) in [4.78, 5) is 13.8. The monoisotopic (exact) mass is 117 g/mol. The highest BCUT2D eigenvalue weighted by atomic mass is 16.7. The lowest BCUT2D eigenvalue weighted by Gasteiger charge is -2.09. The van der Waals surface area contributed by atoms with Crippen LogP contribution in [0, 0.1) is 10.8 Å². The minimum Gasteiger partial charge on any atom is -0.361 e. The van der Waals surface area contributed by atoms with Gasteiger partial charge in [-0.25, -0.2) is 0 Å². The van der Waals surface area contributed by atoms with Gasteiger partial charge in [-0.2, -0.15) is 0 Å². The van der Waals surface area contributed by atoms with Crippen LogP contribution < -0.4 is 0 Å². The van der Waals surface area contributed by atoms with E-state index >= 15 is 0 Å². The van der Waals surface area contributed by atoms with Crippen molar-refractivity contribution in [2.24, 2.45) is 11.3 Å². The van der Waals surface area contributed by atoms with Gasteiger partial charge in [-0.15, -0.1) is 4.91 Å². The van der Waals surface area contributed by atoms with Crippen LogP contribution in [0.1, 0.15) is 20.8 Å². The molecule has 0 rings (SSSR count). The molecule has 0 heterocycles. The summed E-state index contributed by atoms with van der Waals surface area (Å²) in [6.45, 7) is 5.75. The SMILES string of the molecule is CC(C)C(C)ON=O. The Hall–Kier alpha value is -0.600. The maximum atomic E-state index is 9.45. The molecule has 0 saturated carbocycles. The fourth-order valence-corrected chi connectivity index (χ4v) is 0.190. The molecular weight excluding hydrogens is 106 g/mol. The van der Waals surface area contributed by atoms with E-state index in [4.69, 9.17) is 0 Å². The van der Waals surface area contributed by atoms with Gasteiger partial charge in [0.05, 0.1) is 0 Å². The van der Waals surface area contributed by atoms with Crippen LogP contribution in [0.4, 0.5) is 0 Å². The maximum Gasteiger partial charge on any atom is 0.155 e. The van der Waals surface area contributed by atoms with Crippen LogP contribution in [0.2, 0.25) is 0 Å². The summed E-state index contributed by atoms with van der Waals surface area (Å²) in [5.41, 5.74) is 0. The van der Waals surface area contributed by atoms with Crippen LogP contribution >= 0.6 is 0 Å². The summed E-state index contributed by atoms with van der Waals surface area (Å²) in [6.07, 6.45) is -0.0625. The first kappa shape index (κ1) is 7.40. The fourth-order valence-electron chi connectivity index (χ4n) is 0.190. The quantitative estimate of drug-likeness (QED) is 0.417. The van der Waals surface area contributed by atoms with Crippen molar-refractivity contribution in [3.05, 3.63) is 4.91 Å². The summed E-state index contributed by atoms with van der Waals surface area (Å²) >= 11 is 0. The number of nitrogens with zero attached hydrogens (tertiary/aromatic N) is 1. The molecule has 1 unspecified atom stereocenters. The zero-order valence-corrected chi connectivity index (χ0v) is 5.42. The first-order chi connectivity index (χ1) is 3.68. The van der Waals surface area contributed by atoms with E-state index in [1.54, 1.807) is 0 Å². The van der Waals surface area contributed by atoms with Crippen molar-refractivity contribution in [1.82, 2.24) is 0 Å². The average Bonchev–Trinajstić information content (AvgIpc) is 1.67. The maximum absolute atomic E-state index is 9.45. The zero-order chi connectivity index (χ0) is 6.57. The molecule has 0 N–H and O–H groups in total. The Morgan fingerprint density at radius 3 is 2.00 bits per heavy atom. The van der Waals surface area contributed by atoms with E-state index in [-0.39, 0.29) is 6.10 Å². The molecule has 0 radical (unpaired) electrons. The highest BCUT2D eigenvalue weighted by Crippen LogP contribution is 2.04. The van der Waals surface area contributed by atoms with E-state index in [1.807, 2.05) is 20.8 Å². The normalized spacial score (nSPS) is 13.5. The van der Waals surface area contributed by atoms with Gasteiger partial charge in [0.25, 0.3) is 0 Å². The first-order valence-corrected chi connectivity index (χ1v) is 2.67. The van der Waals surface area contributed by atoms with Gasteiger partial charge in [-0.3, -0.25) is 0 Å². The van der Waals surface area contributed by atoms with E-state index in [9.17, 15) is 4.91 Å². The molecule has 3 nitrogen and oxygen atoms in total. The van der Waals surface area contributed by atoms with Crippen LogP contribution in [0.5, 0.6) is 0 Å². The summed E-state index contributed by atoms with van der Waals surface area (Å²) in [5.74, 6) is 0.354. The molecular formula is C5H11NO2. The molecule has 0 saturated heterocycles. The van der Waals surface area contributed by atoms with E-state index in [0.717, 1.165) is 0 Å². The fraction of sp³-hybridized carbons (Fsp3) is 1.00. The molecule has 0 bridgehead atoms. The van der Waals surface area contributed by atoms with Gasteiger partial charge >= 0.3 is 0 Å². The van der Waals surface area contributed by atoms with Gasteiger partial charge < -0.3 is 4.84 Å². The second kappa shape index (κ2) is 3.41. The summed E-state index contributed by atoms with van der Waals surface area (Å²) in [5, 5.41) is 2.31. The highest BCUT2D eigenvalue weighted by molar-refractivity contribution is 4.51. The van der Waals surface area contributed by atoms with E-state index in [1.165, 1.54) is 0 Å². The van der Waals surface area contributed by atoms with E-state index in [0.29, 0.717) is 5.92 Å². The number of rotatable bonds is 3. The van der Waals surface area contributed by atoms with Crippen LogP contribution in [0.25, 0.3) is 0 Å². The van der Waals surface area contributed by atoms with Gasteiger partial charge in [0.1, 0.15) is 6.10 Å². The van der Waals surface area contributed by atoms with Crippen LogP contribution in [0.3, 0.4) is 0 Å². The van der Waals surface area contributed by atoms with Gasteiger partial charge in [0, 0.05) is 0 Å². The molecule has 0 amide bonds. The molecule has 0 fully saturated rings. The lowest BCUT2D eigenvalue weighted by molar-refractivity contribution is 0.0370. The Labute approximate surface area is 49.0 Å². The Balaban J connectivity index is 3.30. The van der Waals surface area contributed by atoms with Crippen LogP contribution in [-0.4, -0.2) is 6.10 Å². The van der Waals surface area contributed by atoms with Crippen molar-refractivity contribution >= 4 is 0 Å². The molecule has 48 valence electrons. The molecule has 0 aromatic heterocycles. The topological polar surface area (TPSA) is 38.7 Å². The molecule has 0 aromatic rings. The summed E-state index contributed by atoms with van der Waals surface area (Å²) in [7, 11) is 0. The Bertz CT molecular complexity index is 72.8. The number of hydrogen-bond acceptors (Lipinski definition) is 3. The average molecular weight is 117 g/mol. The van der Waals surface area contributed by atoms with Crippen molar-refractivity contribution in [3.63, 3.8) is 0 Å². The standard InChI is InChI=1S/C5H11NO2/c1-4(2)5(3)8-6-7/h4-5H,1-3H3. The Morgan fingerprint density at radius 2 is 1.88 bits per heavy atom. The highest BCUT2D eigenvalue weighted by Gasteiger charge is 2.06. The van der Waals surface area contributed by atoms with Crippen LogP contribution in [-0.2, 0) is 4.84 Å². The molecule has 1 atom stereocenters. The van der Waals surface area contributed by atoms with Crippen molar-refractivity contribution in [2.45, 2.75) is 26.9 Å². The second-order valence-electron chi connectivity index (χ2n) is 2.13. The smallest absolute Gasteiger partial charge is 0.155 e. The third-order valence-electron chi connectivity index (χ3n) is 1.15. The van der Waals surface area contributed by atoms with Crippen molar-refractivity contribution in [2.75, 3.05) is 0 Å². The molecule has 0 aliphatic heterocycles. The predicted molar refractivity (Wildman–Crippen MR) is 31.2 cm³/mol. The van der Waals surface area contributed by atoms with Crippen molar-refractivity contribution in [1.29, 1.82) is 0 Å². The van der Waals surface area contributed by atoms with Crippen molar-refractivity contribution in [3.8, 4) is 0 Å². The molecule has 8 heavy (non-hydrogen) atoms. The Kier molecular flexibility index (Phi) is 3.15. The van der Waals surface area contributed by atoms with Crippen molar-refractivity contribution < 1.29 is 4.84 Å². The zero-order valence-electron chi connectivity index (χ0n) is 5.42. The van der Waals surface area contributed by atoms with E-state index < -0.39 is 0 Å². The first-order valence-electron chi connectivity index (χ1n) is 2.67. The minimum atomic E-state index is -0.0625. The third kappa shape index (κ3) is 2.55. The summed E-state index contributed by atoms with van der Waals surface area (Å²) < 4.78 is 0. The predicted octanol–water partition coefficient (Wildman–Crippen LogP) is 1.73. The molecule has 0 spiro atoms. The molecule has 0 aliphatic rings. The lowest BCUT2D eigenvalue weighted by atomic mass is 10.1. The van der Waals surface area contributed by atoms with Gasteiger partial charge in [0.2, 0.25) is 0 Å². The second-order valence-corrected chi connectivity index (χ2v) is 2.13. The summed E-state index contributed by atoms with van der Waals surface area (Å²) in [6, 6.07) is 0. The molecule has 3 heteroatoms. The van der Waals surface area contributed by atoms with E-state index in [2.05, 4.69) is 10.2 Å². The lowest BCUT2D eigenvalue weighted by Crippen LogP contribution is -2.11. The van der Waals surface area contributed by atoms with Gasteiger partial charge in [-0.05, 0) is 12.8 Å². The minimum absolute atomic E-state index is 0.0625. The largest absolute Gasteiger partial charge is 0.361 e. The van der Waals surface area contributed by atoms with Gasteiger partial charge in [0.15, 0.2) is 5.34 Å². The Morgan fingerprint density at radius 1 is 1.38 bits per heavy atom. The van der Waals surface area contributed by atoms with Crippen LogP contribution in [0.15, 0.2) is 5.34 Å². The number of hydrogen-bond donors (Lipinski definition) is 0. The molecule has 0 aliphatic carbocycles. The third-order valence-corrected chi connectivity index (χ3v) is 1.15. The molecule has 0 aromatic carbocycles.